The molecule has 2 heteroatoms. The molecule has 0 saturated heterocycles. The Labute approximate surface area is 103 Å². The zero-order chi connectivity index (χ0) is 12.4. The van der Waals surface area contributed by atoms with Crippen molar-refractivity contribution in [3.63, 3.8) is 0 Å². The van der Waals surface area contributed by atoms with Crippen molar-refractivity contribution in [3.8, 4) is 0 Å². The van der Waals surface area contributed by atoms with Crippen LogP contribution in [0.5, 0.6) is 0 Å². The van der Waals surface area contributed by atoms with Crippen LogP contribution in [0.2, 0.25) is 0 Å². The quantitative estimate of drug-likeness (QED) is 0.841. The molecule has 1 N–H and O–H groups in total. The van der Waals surface area contributed by atoms with Crippen molar-refractivity contribution in [2.75, 3.05) is 6.54 Å². The minimum absolute atomic E-state index is 0.114. The fourth-order valence-electron chi connectivity index (χ4n) is 3.43. The van der Waals surface area contributed by atoms with Gasteiger partial charge in [0.1, 0.15) is 5.82 Å². The third-order valence-corrected chi connectivity index (χ3v) is 4.20. The normalized spacial score (nSPS) is 32.2. The van der Waals surface area contributed by atoms with Crippen molar-refractivity contribution in [3.05, 3.63) is 35.6 Å². The lowest BCUT2D eigenvalue weighted by molar-refractivity contribution is 0.0797. The number of rotatable bonds is 4. The maximum absolute atomic E-state index is 13.3. The van der Waals surface area contributed by atoms with E-state index in [-0.39, 0.29) is 5.82 Å². The first-order chi connectivity index (χ1) is 8.19. The van der Waals surface area contributed by atoms with Gasteiger partial charge in [0.15, 0.2) is 0 Å². The molecule has 1 aromatic carbocycles. The number of benzene rings is 1. The van der Waals surface area contributed by atoms with E-state index < -0.39 is 0 Å². The van der Waals surface area contributed by atoms with Crippen LogP contribution >= 0.6 is 0 Å². The van der Waals surface area contributed by atoms with E-state index in [2.05, 4.69) is 32.2 Å². The van der Waals surface area contributed by atoms with E-state index in [4.69, 9.17) is 0 Å². The summed E-state index contributed by atoms with van der Waals surface area (Å²) < 4.78 is 13.3. The summed E-state index contributed by atoms with van der Waals surface area (Å²) in [7, 11) is 0. The molecule has 1 aromatic rings. The maximum Gasteiger partial charge on any atom is 0.123 e. The van der Waals surface area contributed by atoms with Crippen molar-refractivity contribution in [2.45, 2.75) is 39.2 Å². The predicted octanol–water partition coefficient (Wildman–Crippen LogP) is 3.56. The fraction of sp³-hybridized carbons (Fsp3) is 0.600. The number of halogens is 1. The second-order valence-corrected chi connectivity index (χ2v) is 5.10. The number of hydrogen-bond donors (Lipinski definition) is 1. The van der Waals surface area contributed by atoms with Crippen molar-refractivity contribution < 1.29 is 4.39 Å². The van der Waals surface area contributed by atoms with Gasteiger partial charge >= 0.3 is 0 Å². The van der Waals surface area contributed by atoms with Crippen molar-refractivity contribution in [2.24, 2.45) is 11.8 Å². The predicted molar refractivity (Wildman–Crippen MR) is 69.6 cm³/mol. The van der Waals surface area contributed by atoms with Crippen LogP contribution in [0.1, 0.15) is 38.7 Å². The third-order valence-electron chi connectivity index (χ3n) is 4.20. The average molecular weight is 235 g/mol. The lowest BCUT2D eigenvalue weighted by Crippen LogP contribution is -2.55. The molecule has 0 heterocycles. The van der Waals surface area contributed by atoms with E-state index in [9.17, 15) is 4.39 Å². The molecule has 0 aromatic heterocycles. The molecule has 0 spiro atoms. The Morgan fingerprint density at radius 3 is 2.65 bits per heavy atom. The number of nitrogens with one attached hydrogen (secondary N) is 1. The monoisotopic (exact) mass is 235 g/mol. The first kappa shape index (κ1) is 12.6. The number of hydrogen-bond acceptors (Lipinski definition) is 1. The molecule has 4 unspecified atom stereocenters. The summed E-state index contributed by atoms with van der Waals surface area (Å²) in [6, 6.07) is 7.71. The maximum atomic E-state index is 13.3. The Morgan fingerprint density at radius 2 is 2.06 bits per heavy atom. The second-order valence-electron chi connectivity index (χ2n) is 5.10. The van der Waals surface area contributed by atoms with E-state index in [0.29, 0.717) is 23.8 Å². The summed E-state index contributed by atoms with van der Waals surface area (Å²) in [6.45, 7) is 7.67. The summed E-state index contributed by atoms with van der Waals surface area (Å²) in [6.07, 6.45) is 1.16. The molecule has 1 aliphatic rings. The molecule has 17 heavy (non-hydrogen) atoms. The van der Waals surface area contributed by atoms with E-state index in [1.54, 1.807) is 6.07 Å². The van der Waals surface area contributed by atoms with Gasteiger partial charge in [0.05, 0.1) is 0 Å². The summed E-state index contributed by atoms with van der Waals surface area (Å²) in [5, 5.41) is 3.55. The molecular weight excluding hydrogens is 213 g/mol. The van der Waals surface area contributed by atoms with Gasteiger partial charge in [-0.25, -0.2) is 4.39 Å². The Hall–Kier alpha value is -0.890. The van der Waals surface area contributed by atoms with Gasteiger partial charge in [-0.2, -0.15) is 0 Å². The van der Waals surface area contributed by atoms with Crippen LogP contribution in [0.15, 0.2) is 24.3 Å². The zero-order valence-corrected chi connectivity index (χ0v) is 10.9. The summed E-state index contributed by atoms with van der Waals surface area (Å²) in [5.41, 5.74) is 1.17. The topological polar surface area (TPSA) is 12.0 Å². The van der Waals surface area contributed by atoms with E-state index >= 15 is 0 Å². The van der Waals surface area contributed by atoms with Gasteiger partial charge in [-0.3, -0.25) is 0 Å². The first-order valence-electron chi connectivity index (χ1n) is 6.67. The highest BCUT2D eigenvalue weighted by Crippen LogP contribution is 2.49. The van der Waals surface area contributed by atoms with Crippen LogP contribution in [0, 0.1) is 17.7 Å². The third kappa shape index (κ3) is 2.23. The van der Waals surface area contributed by atoms with Gasteiger partial charge in [0, 0.05) is 6.04 Å². The Morgan fingerprint density at radius 1 is 1.29 bits per heavy atom. The van der Waals surface area contributed by atoms with Gasteiger partial charge in [-0.1, -0.05) is 39.3 Å². The van der Waals surface area contributed by atoms with E-state index in [1.807, 2.05) is 6.07 Å². The zero-order valence-electron chi connectivity index (χ0n) is 10.9. The molecule has 0 radical (unpaired) electrons. The Kier molecular flexibility index (Phi) is 3.82. The van der Waals surface area contributed by atoms with E-state index in [1.165, 1.54) is 11.6 Å². The summed E-state index contributed by atoms with van der Waals surface area (Å²) in [4.78, 5) is 0. The van der Waals surface area contributed by atoms with Crippen LogP contribution < -0.4 is 5.32 Å². The van der Waals surface area contributed by atoms with Gasteiger partial charge in [-0.15, -0.1) is 0 Å². The highest BCUT2D eigenvalue weighted by atomic mass is 19.1. The molecule has 94 valence electrons. The molecule has 1 aliphatic carbocycles. The smallest absolute Gasteiger partial charge is 0.123 e. The van der Waals surface area contributed by atoms with Crippen molar-refractivity contribution in [1.29, 1.82) is 0 Å². The minimum atomic E-state index is -0.114. The molecular formula is C15H22FN. The average Bonchev–Trinajstić information content (AvgIpc) is 2.32. The molecule has 2 rings (SSSR count). The van der Waals surface area contributed by atoms with Gasteiger partial charge in [0.2, 0.25) is 0 Å². The van der Waals surface area contributed by atoms with Crippen molar-refractivity contribution >= 4 is 0 Å². The SMILES string of the molecule is CCNC1C(C)C(c2cccc(F)c2)C1CC. The highest BCUT2D eigenvalue weighted by molar-refractivity contribution is 5.27. The first-order valence-corrected chi connectivity index (χ1v) is 6.67. The minimum Gasteiger partial charge on any atom is -0.314 e. The molecule has 1 nitrogen and oxygen atoms in total. The van der Waals surface area contributed by atoms with Gasteiger partial charge in [0.25, 0.3) is 0 Å². The van der Waals surface area contributed by atoms with Gasteiger partial charge in [-0.05, 0) is 42.0 Å². The fourth-order valence-corrected chi connectivity index (χ4v) is 3.43. The second kappa shape index (κ2) is 5.18. The van der Waals surface area contributed by atoms with Crippen molar-refractivity contribution in [1.82, 2.24) is 5.32 Å². The van der Waals surface area contributed by atoms with E-state index in [0.717, 1.165) is 13.0 Å². The molecule has 0 bridgehead atoms. The molecule has 1 saturated carbocycles. The molecule has 4 atom stereocenters. The molecule has 0 aliphatic heterocycles. The van der Waals surface area contributed by atoms with Crippen LogP contribution in [-0.4, -0.2) is 12.6 Å². The lowest BCUT2D eigenvalue weighted by Gasteiger charge is -2.51. The lowest BCUT2D eigenvalue weighted by atomic mass is 9.58. The molecule has 0 amide bonds. The van der Waals surface area contributed by atoms with Crippen LogP contribution in [0.3, 0.4) is 0 Å². The Bertz CT molecular complexity index is 377. The summed E-state index contributed by atoms with van der Waals surface area (Å²) in [5.74, 6) is 1.64. The Balaban J connectivity index is 2.17. The summed E-state index contributed by atoms with van der Waals surface area (Å²) >= 11 is 0. The highest BCUT2D eigenvalue weighted by Gasteiger charge is 2.46. The van der Waals surface area contributed by atoms with Crippen LogP contribution in [0.25, 0.3) is 0 Å². The standard InChI is InChI=1S/C15H22FN/c1-4-13-14(10(3)15(13)17-5-2)11-7-6-8-12(16)9-11/h6-10,13-15,17H,4-5H2,1-3H3. The van der Waals surface area contributed by atoms with Crippen LogP contribution in [-0.2, 0) is 0 Å². The largest absolute Gasteiger partial charge is 0.314 e. The van der Waals surface area contributed by atoms with Crippen LogP contribution in [0.4, 0.5) is 4.39 Å². The van der Waals surface area contributed by atoms with Gasteiger partial charge < -0.3 is 5.32 Å². The molecule has 1 fully saturated rings.